The van der Waals surface area contributed by atoms with Gasteiger partial charge in [-0.1, -0.05) is 0 Å². The lowest BCUT2D eigenvalue weighted by Crippen LogP contribution is -2.51. The first-order chi connectivity index (χ1) is 7.74. The summed E-state index contributed by atoms with van der Waals surface area (Å²) in [5, 5.41) is 3.86. The molecule has 2 atom stereocenters. The first-order valence-electron chi connectivity index (χ1n) is 5.79. The summed E-state index contributed by atoms with van der Waals surface area (Å²) >= 11 is 1.56. The average Bonchev–Trinajstić information content (AvgIpc) is 2.81. The maximum Gasteiger partial charge on any atom is 0.255 e. The van der Waals surface area contributed by atoms with Crippen molar-refractivity contribution in [2.75, 3.05) is 6.54 Å². The second-order valence-corrected chi connectivity index (χ2v) is 5.17. The van der Waals surface area contributed by atoms with Gasteiger partial charge in [0.25, 0.3) is 5.91 Å². The summed E-state index contributed by atoms with van der Waals surface area (Å²) in [7, 11) is 0. The van der Waals surface area contributed by atoms with Gasteiger partial charge in [0.05, 0.1) is 5.56 Å². The van der Waals surface area contributed by atoms with E-state index in [-0.39, 0.29) is 11.9 Å². The number of rotatable bonds is 2. The van der Waals surface area contributed by atoms with Crippen molar-refractivity contribution in [3.8, 4) is 0 Å². The van der Waals surface area contributed by atoms with Crippen LogP contribution < -0.4 is 5.73 Å². The molecule has 2 heterocycles. The van der Waals surface area contributed by atoms with Crippen LogP contribution >= 0.6 is 11.3 Å². The van der Waals surface area contributed by atoms with Crippen LogP contribution in [0.1, 0.15) is 36.5 Å². The molecule has 0 saturated carbocycles. The molecule has 1 fully saturated rings. The van der Waals surface area contributed by atoms with Gasteiger partial charge in [0.15, 0.2) is 0 Å². The molecule has 2 rings (SSSR count). The molecule has 1 aromatic rings. The Balaban J connectivity index is 2.19. The molecule has 0 radical (unpaired) electrons. The van der Waals surface area contributed by atoms with Crippen LogP contribution in [0.15, 0.2) is 16.8 Å². The van der Waals surface area contributed by atoms with Gasteiger partial charge in [0.1, 0.15) is 0 Å². The van der Waals surface area contributed by atoms with Gasteiger partial charge in [0.2, 0.25) is 0 Å². The van der Waals surface area contributed by atoms with Gasteiger partial charge < -0.3 is 10.6 Å². The number of hydrogen-bond donors (Lipinski definition) is 1. The largest absolute Gasteiger partial charge is 0.332 e. The Kier molecular flexibility index (Phi) is 3.61. The van der Waals surface area contributed by atoms with Gasteiger partial charge in [-0.15, -0.1) is 0 Å². The van der Waals surface area contributed by atoms with Crippen molar-refractivity contribution in [1.29, 1.82) is 0 Å². The molecule has 0 aliphatic carbocycles. The summed E-state index contributed by atoms with van der Waals surface area (Å²) in [4.78, 5) is 14.3. The maximum atomic E-state index is 12.3. The third kappa shape index (κ3) is 2.13. The summed E-state index contributed by atoms with van der Waals surface area (Å²) in [5.41, 5.74) is 6.56. The minimum Gasteiger partial charge on any atom is -0.332 e. The molecule has 0 spiro atoms. The molecule has 1 saturated heterocycles. The van der Waals surface area contributed by atoms with Gasteiger partial charge in [0, 0.05) is 24.0 Å². The van der Waals surface area contributed by atoms with Crippen molar-refractivity contribution in [1.82, 2.24) is 4.90 Å². The molecule has 4 heteroatoms. The Morgan fingerprint density at radius 1 is 1.62 bits per heavy atom. The number of amides is 1. The molecule has 88 valence electrons. The maximum absolute atomic E-state index is 12.3. The van der Waals surface area contributed by atoms with E-state index in [1.54, 1.807) is 11.3 Å². The molecule has 3 nitrogen and oxygen atoms in total. The fraction of sp³-hybridized carbons (Fsp3) is 0.583. The number of piperidine rings is 1. The molecule has 0 aromatic carbocycles. The van der Waals surface area contributed by atoms with Gasteiger partial charge in [-0.2, -0.15) is 11.3 Å². The van der Waals surface area contributed by atoms with E-state index >= 15 is 0 Å². The molecular weight excluding hydrogens is 220 g/mol. The minimum atomic E-state index is 0.143. The van der Waals surface area contributed by atoms with Gasteiger partial charge >= 0.3 is 0 Å². The monoisotopic (exact) mass is 238 g/mol. The van der Waals surface area contributed by atoms with Crippen LogP contribution in [0.2, 0.25) is 0 Å². The van der Waals surface area contributed by atoms with Gasteiger partial charge in [-0.25, -0.2) is 0 Å². The number of hydrogen-bond acceptors (Lipinski definition) is 3. The summed E-state index contributed by atoms with van der Waals surface area (Å²) in [6, 6.07) is 2.42. The van der Waals surface area contributed by atoms with E-state index < -0.39 is 0 Å². The van der Waals surface area contributed by atoms with Crippen molar-refractivity contribution in [2.24, 2.45) is 5.73 Å². The number of likely N-dealkylation sites (tertiary alicyclic amines) is 1. The lowest BCUT2D eigenvalue weighted by atomic mass is 9.95. The highest BCUT2D eigenvalue weighted by Gasteiger charge is 2.31. The number of carbonyl (C=O) groups excluding carboxylic acids is 1. The Labute approximate surface area is 100 Å². The zero-order valence-electron chi connectivity index (χ0n) is 9.56. The molecule has 0 bridgehead atoms. The highest BCUT2D eigenvalue weighted by atomic mass is 32.1. The van der Waals surface area contributed by atoms with Gasteiger partial charge in [-0.05, 0) is 37.6 Å². The Morgan fingerprint density at radius 2 is 2.44 bits per heavy atom. The van der Waals surface area contributed by atoms with E-state index in [0.717, 1.165) is 18.4 Å². The summed E-state index contributed by atoms with van der Waals surface area (Å²) in [6.45, 7) is 2.69. The van der Waals surface area contributed by atoms with Gasteiger partial charge in [-0.3, -0.25) is 4.79 Å². The van der Waals surface area contributed by atoms with E-state index in [0.29, 0.717) is 12.6 Å². The standard InChI is InChI=1S/C12H18N2OS/c1-9-3-2-4-11(7-13)14(9)12(15)10-5-6-16-8-10/h5-6,8-9,11H,2-4,7,13H2,1H3. The number of carbonyl (C=O) groups is 1. The van der Waals surface area contributed by atoms with Crippen LogP contribution in [0.4, 0.5) is 0 Å². The van der Waals surface area contributed by atoms with Crippen molar-refractivity contribution in [3.63, 3.8) is 0 Å². The number of thiophene rings is 1. The minimum absolute atomic E-state index is 0.143. The molecule has 16 heavy (non-hydrogen) atoms. The SMILES string of the molecule is CC1CCCC(CN)N1C(=O)c1ccsc1. The second-order valence-electron chi connectivity index (χ2n) is 4.39. The van der Waals surface area contributed by atoms with Crippen LogP contribution in [0.25, 0.3) is 0 Å². The van der Waals surface area contributed by atoms with Crippen molar-refractivity contribution < 1.29 is 4.79 Å². The predicted octanol–water partition coefficient (Wildman–Crippen LogP) is 2.09. The third-order valence-electron chi connectivity index (χ3n) is 3.30. The van der Waals surface area contributed by atoms with E-state index in [9.17, 15) is 4.79 Å². The Bertz CT molecular complexity index is 350. The topological polar surface area (TPSA) is 46.3 Å². The number of nitrogens with two attached hydrogens (primary N) is 1. The molecule has 1 aromatic heterocycles. The van der Waals surface area contributed by atoms with Crippen LogP contribution in [-0.2, 0) is 0 Å². The molecule has 1 aliphatic heterocycles. The Hall–Kier alpha value is -0.870. The fourth-order valence-electron chi connectivity index (χ4n) is 2.42. The molecule has 2 unspecified atom stereocenters. The number of nitrogens with zero attached hydrogens (tertiary/aromatic N) is 1. The van der Waals surface area contributed by atoms with E-state index in [1.807, 2.05) is 21.7 Å². The fourth-order valence-corrected chi connectivity index (χ4v) is 3.05. The highest BCUT2D eigenvalue weighted by Crippen LogP contribution is 2.24. The van der Waals surface area contributed by atoms with Crippen molar-refractivity contribution in [2.45, 2.75) is 38.3 Å². The smallest absolute Gasteiger partial charge is 0.255 e. The molecule has 2 N–H and O–H groups in total. The van der Waals surface area contributed by atoms with Crippen LogP contribution in [0.5, 0.6) is 0 Å². The molecular formula is C12H18N2OS. The average molecular weight is 238 g/mol. The summed E-state index contributed by atoms with van der Waals surface area (Å²) in [6.07, 6.45) is 3.31. The quantitative estimate of drug-likeness (QED) is 0.857. The second kappa shape index (κ2) is 4.97. The molecule has 1 aliphatic rings. The van der Waals surface area contributed by atoms with Crippen molar-refractivity contribution >= 4 is 17.2 Å². The predicted molar refractivity (Wildman–Crippen MR) is 66.6 cm³/mol. The lowest BCUT2D eigenvalue weighted by Gasteiger charge is -2.40. The first kappa shape index (κ1) is 11.6. The van der Waals surface area contributed by atoms with Crippen molar-refractivity contribution in [3.05, 3.63) is 22.4 Å². The van der Waals surface area contributed by atoms with Crippen LogP contribution in [0, 0.1) is 0 Å². The van der Waals surface area contributed by atoms with E-state index in [4.69, 9.17) is 5.73 Å². The van der Waals surface area contributed by atoms with Crippen LogP contribution in [-0.4, -0.2) is 29.4 Å². The highest BCUT2D eigenvalue weighted by molar-refractivity contribution is 7.08. The van der Waals surface area contributed by atoms with E-state index in [1.165, 1.54) is 6.42 Å². The zero-order valence-corrected chi connectivity index (χ0v) is 10.4. The lowest BCUT2D eigenvalue weighted by molar-refractivity contribution is 0.0494. The zero-order chi connectivity index (χ0) is 11.5. The third-order valence-corrected chi connectivity index (χ3v) is 3.99. The summed E-state index contributed by atoms with van der Waals surface area (Å²) < 4.78 is 0. The molecule has 1 amide bonds. The first-order valence-corrected chi connectivity index (χ1v) is 6.73. The van der Waals surface area contributed by atoms with Crippen LogP contribution in [0.3, 0.4) is 0 Å². The Morgan fingerprint density at radius 3 is 3.06 bits per heavy atom. The van der Waals surface area contributed by atoms with E-state index in [2.05, 4.69) is 6.92 Å². The summed E-state index contributed by atoms with van der Waals surface area (Å²) in [5.74, 6) is 0.143. The normalized spacial score (nSPS) is 25.8.